The number of hydrogen-bond acceptors (Lipinski definition) is 3. The Morgan fingerprint density at radius 2 is 1.43 bits per heavy atom. The van der Waals surface area contributed by atoms with Gasteiger partial charge in [0.1, 0.15) is 0 Å². The molecule has 4 aliphatic rings. The number of carbonyl (C=O) groups excluding carboxylic acids is 2. The molecule has 1 aliphatic carbocycles. The Morgan fingerprint density at radius 1 is 0.800 bits per heavy atom. The number of benzene rings is 2. The lowest BCUT2D eigenvalue weighted by Crippen LogP contribution is -2.44. The molecule has 3 aliphatic heterocycles. The molecular formula is C30H37N3O2. The van der Waals surface area contributed by atoms with E-state index in [1.165, 1.54) is 63.4 Å². The maximum atomic E-state index is 13.3. The van der Waals surface area contributed by atoms with Crippen molar-refractivity contribution in [3.63, 3.8) is 0 Å². The van der Waals surface area contributed by atoms with Crippen molar-refractivity contribution in [1.82, 2.24) is 4.90 Å². The molecule has 1 unspecified atom stereocenters. The van der Waals surface area contributed by atoms with Crippen molar-refractivity contribution in [2.75, 3.05) is 23.4 Å². The molecule has 5 nitrogen and oxygen atoms in total. The predicted octanol–water partition coefficient (Wildman–Crippen LogP) is 5.74. The molecule has 3 saturated heterocycles. The minimum atomic E-state index is -0.00485. The van der Waals surface area contributed by atoms with E-state index in [4.69, 9.17) is 0 Å². The standard InChI is InChI=1S/C30H37N3O2/c1-31(29(34)23-9-7-22(8-10-23)21-5-3-2-4-6-21)24-11-13-25(14-12-24)32-20-19-28(30(32)35)33-26-15-16-27(33)18-17-26/h7-14,21,26-28H,2-6,15-20H2,1H3. The second-order valence-electron chi connectivity index (χ2n) is 11.0. The minimum absolute atomic E-state index is 0.00485. The van der Waals surface area contributed by atoms with Gasteiger partial charge in [0.25, 0.3) is 5.91 Å². The first-order chi connectivity index (χ1) is 17.1. The monoisotopic (exact) mass is 471 g/mol. The normalized spacial score (nSPS) is 27.1. The smallest absolute Gasteiger partial charge is 0.258 e. The fourth-order valence-electron chi connectivity index (χ4n) is 7.16. The van der Waals surface area contributed by atoms with Crippen LogP contribution >= 0.6 is 0 Å². The van der Waals surface area contributed by atoms with Gasteiger partial charge in [-0.25, -0.2) is 0 Å². The van der Waals surface area contributed by atoms with Crippen LogP contribution in [0.5, 0.6) is 0 Å². The lowest BCUT2D eigenvalue weighted by molar-refractivity contribution is -0.122. The Balaban J connectivity index is 1.11. The third kappa shape index (κ3) is 4.18. The lowest BCUT2D eigenvalue weighted by Gasteiger charge is -2.28. The average molecular weight is 472 g/mol. The summed E-state index contributed by atoms with van der Waals surface area (Å²) in [6, 6.07) is 17.4. The third-order valence-electron chi connectivity index (χ3n) is 9.13. The summed E-state index contributed by atoms with van der Waals surface area (Å²) in [5.74, 6) is 0.889. The van der Waals surface area contributed by atoms with Gasteiger partial charge >= 0.3 is 0 Å². The Bertz CT molecular complexity index is 1050. The van der Waals surface area contributed by atoms with Crippen LogP contribution in [-0.2, 0) is 4.79 Å². The van der Waals surface area contributed by atoms with Gasteiger partial charge in [-0.3, -0.25) is 14.5 Å². The molecule has 2 amide bonds. The van der Waals surface area contributed by atoms with E-state index in [9.17, 15) is 9.59 Å². The zero-order chi connectivity index (χ0) is 23.9. The molecule has 1 atom stereocenters. The van der Waals surface area contributed by atoms with Crippen LogP contribution in [0.2, 0.25) is 0 Å². The molecule has 3 heterocycles. The van der Waals surface area contributed by atoms with Gasteiger partial charge in [-0.05, 0) is 92.8 Å². The van der Waals surface area contributed by atoms with Crippen molar-refractivity contribution in [3.8, 4) is 0 Å². The van der Waals surface area contributed by atoms with Gasteiger partial charge in [0.05, 0.1) is 6.04 Å². The first kappa shape index (κ1) is 22.8. The maximum Gasteiger partial charge on any atom is 0.258 e. The van der Waals surface area contributed by atoms with E-state index in [0.29, 0.717) is 23.6 Å². The summed E-state index contributed by atoms with van der Waals surface area (Å²) in [6.07, 6.45) is 12.4. The van der Waals surface area contributed by atoms with Crippen LogP contribution in [0.3, 0.4) is 0 Å². The average Bonchev–Trinajstić information content (AvgIpc) is 3.62. The van der Waals surface area contributed by atoms with Gasteiger partial charge < -0.3 is 9.80 Å². The highest BCUT2D eigenvalue weighted by atomic mass is 16.2. The van der Waals surface area contributed by atoms with E-state index in [1.807, 2.05) is 48.3 Å². The third-order valence-corrected chi connectivity index (χ3v) is 9.13. The summed E-state index contributed by atoms with van der Waals surface area (Å²) in [7, 11) is 1.83. The van der Waals surface area contributed by atoms with E-state index >= 15 is 0 Å². The second-order valence-corrected chi connectivity index (χ2v) is 11.0. The van der Waals surface area contributed by atoms with Crippen molar-refractivity contribution in [1.29, 1.82) is 0 Å². The molecule has 1 saturated carbocycles. The highest BCUT2D eigenvalue weighted by molar-refractivity contribution is 6.06. The van der Waals surface area contributed by atoms with Crippen LogP contribution in [0, 0.1) is 0 Å². The first-order valence-corrected chi connectivity index (χ1v) is 13.7. The molecule has 5 heteroatoms. The Morgan fingerprint density at radius 3 is 2.06 bits per heavy atom. The molecule has 2 aromatic carbocycles. The van der Waals surface area contributed by atoms with Gasteiger partial charge in [0, 0.05) is 42.6 Å². The molecule has 0 spiro atoms. The fourth-order valence-corrected chi connectivity index (χ4v) is 7.16. The molecule has 6 rings (SSSR count). The van der Waals surface area contributed by atoms with Crippen molar-refractivity contribution >= 4 is 23.2 Å². The SMILES string of the molecule is CN(C(=O)c1ccc(C2CCCCC2)cc1)c1ccc(N2CCC(N3C4CCC3CC4)C2=O)cc1. The first-order valence-electron chi connectivity index (χ1n) is 13.7. The molecule has 184 valence electrons. The van der Waals surface area contributed by atoms with Gasteiger partial charge in [-0.15, -0.1) is 0 Å². The van der Waals surface area contributed by atoms with Gasteiger partial charge in [0.2, 0.25) is 5.91 Å². The fraction of sp³-hybridized carbons (Fsp3) is 0.533. The number of carbonyl (C=O) groups is 2. The lowest BCUT2D eigenvalue weighted by atomic mass is 9.84. The molecule has 2 aromatic rings. The van der Waals surface area contributed by atoms with Crippen LogP contribution in [0.25, 0.3) is 0 Å². The molecule has 4 fully saturated rings. The minimum Gasteiger partial charge on any atom is -0.311 e. The van der Waals surface area contributed by atoms with Crippen LogP contribution in [0.15, 0.2) is 48.5 Å². The summed E-state index contributed by atoms with van der Waals surface area (Å²) in [6.45, 7) is 0.779. The zero-order valence-corrected chi connectivity index (χ0v) is 20.9. The summed E-state index contributed by atoms with van der Waals surface area (Å²) in [5, 5.41) is 0. The number of anilines is 2. The van der Waals surface area contributed by atoms with Crippen molar-refractivity contribution in [2.24, 2.45) is 0 Å². The quantitative estimate of drug-likeness (QED) is 0.558. The number of amides is 2. The number of rotatable bonds is 5. The van der Waals surface area contributed by atoms with Gasteiger partial charge in [-0.2, -0.15) is 0 Å². The summed E-state index contributed by atoms with van der Waals surface area (Å²) in [5.41, 5.74) is 3.86. The molecule has 0 aromatic heterocycles. The number of fused-ring (bicyclic) bond motifs is 2. The van der Waals surface area contributed by atoms with E-state index in [-0.39, 0.29) is 17.9 Å². The topological polar surface area (TPSA) is 43.9 Å². The van der Waals surface area contributed by atoms with Crippen molar-refractivity contribution in [2.45, 2.75) is 88.3 Å². The van der Waals surface area contributed by atoms with E-state index < -0.39 is 0 Å². The second kappa shape index (κ2) is 9.42. The van der Waals surface area contributed by atoms with Gasteiger partial charge in [0.15, 0.2) is 0 Å². The summed E-state index contributed by atoms with van der Waals surface area (Å²) >= 11 is 0. The maximum absolute atomic E-state index is 13.3. The molecular weight excluding hydrogens is 434 g/mol. The van der Waals surface area contributed by atoms with E-state index in [0.717, 1.165) is 24.3 Å². The number of hydrogen-bond donors (Lipinski definition) is 0. The predicted molar refractivity (Wildman–Crippen MR) is 140 cm³/mol. The number of nitrogens with zero attached hydrogens (tertiary/aromatic N) is 3. The van der Waals surface area contributed by atoms with E-state index in [1.54, 1.807) is 4.90 Å². The highest BCUT2D eigenvalue weighted by Crippen LogP contribution is 2.41. The summed E-state index contributed by atoms with van der Waals surface area (Å²) in [4.78, 5) is 32.6. The molecule has 35 heavy (non-hydrogen) atoms. The van der Waals surface area contributed by atoms with Crippen LogP contribution in [-0.4, -0.2) is 48.4 Å². The molecule has 0 N–H and O–H groups in total. The Hall–Kier alpha value is -2.66. The largest absolute Gasteiger partial charge is 0.311 e. The Kier molecular flexibility index (Phi) is 6.13. The highest BCUT2D eigenvalue weighted by Gasteiger charge is 2.48. The van der Waals surface area contributed by atoms with Crippen LogP contribution < -0.4 is 9.80 Å². The van der Waals surface area contributed by atoms with Crippen molar-refractivity contribution < 1.29 is 9.59 Å². The van der Waals surface area contributed by atoms with Gasteiger partial charge in [-0.1, -0.05) is 31.4 Å². The van der Waals surface area contributed by atoms with Crippen LogP contribution in [0.1, 0.15) is 86.0 Å². The molecule has 2 bridgehead atoms. The van der Waals surface area contributed by atoms with Crippen LogP contribution in [0.4, 0.5) is 11.4 Å². The van der Waals surface area contributed by atoms with E-state index in [2.05, 4.69) is 17.0 Å². The molecule has 0 radical (unpaired) electrons. The zero-order valence-electron chi connectivity index (χ0n) is 20.9. The summed E-state index contributed by atoms with van der Waals surface area (Å²) < 4.78 is 0. The van der Waals surface area contributed by atoms with Crippen molar-refractivity contribution in [3.05, 3.63) is 59.7 Å². The Labute approximate surface area is 209 Å².